The lowest BCUT2D eigenvalue weighted by atomic mass is 9.95. The van der Waals surface area contributed by atoms with Crippen molar-refractivity contribution in [3.63, 3.8) is 0 Å². The van der Waals surface area contributed by atoms with Gasteiger partial charge in [-0.2, -0.15) is 0 Å². The summed E-state index contributed by atoms with van der Waals surface area (Å²) in [6, 6.07) is 4.15. The minimum atomic E-state index is -0.694. The van der Waals surface area contributed by atoms with Gasteiger partial charge in [-0.15, -0.1) is 24.0 Å². The first-order valence-corrected chi connectivity index (χ1v) is 8.98. The maximum atomic E-state index is 12.0. The van der Waals surface area contributed by atoms with E-state index >= 15 is 0 Å². The Hall–Kier alpha value is -0.570. The average molecular weight is 439 g/mol. The van der Waals surface area contributed by atoms with Crippen LogP contribution in [-0.2, 0) is 17.3 Å². The monoisotopic (exact) mass is 439 g/mol. The van der Waals surface area contributed by atoms with E-state index < -0.39 is 10.8 Å². The molecule has 1 aromatic heterocycles. The summed E-state index contributed by atoms with van der Waals surface area (Å²) < 4.78 is 17.3. The quantitative estimate of drug-likeness (QED) is 0.421. The third kappa shape index (κ3) is 5.91. The maximum absolute atomic E-state index is 12.0. The highest BCUT2D eigenvalue weighted by Crippen LogP contribution is 2.22. The second-order valence-electron chi connectivity index (χ2n) is 5.30. The molecule has 0 bridgehead atoms. The molecule has 1 fully saturated rings. The fraction of sp³-hybridized carbons (Fsp3) is 0.667. The number of rotatable bonds is 5. The minimum Gasteiger partial charge on any atom is -0.467 e. The van der Waals surface area contributed by atoms with Gasteiger partial charge in [0, 0.05) is 34.9 Å². The molecule has 1 heterocycles. The van der Waals surface area contributed by atoms with E-state index in [1.165, 1.54) is 0 Å². The Kier molecular flexibility index (Phi) is 9.08. The molecule has 0 amide bonds. The summed E-state index contributed by atoms with van der Waals surface area (Å²) >= 11 is 0. The van der Waals surface area contributed by atoms with Crippen molar-refractivity contribution in [1.82, 2.24) is 10.6 Å². The van der Waals surface area contributed by atoms with Gasteiger partial charge >= 0.3 is 0 Å². The summed E-state index contributed by atoms with van der Waals surface area (Å²) in [5, 5.41) is 7.01. The first-order valence-electron chi connectivity index (χ1n) is 7.59. The third-order valence-corrected chi connectivity index (χ3v) is 5.60. The van der Waals surface area contributed by atoms with Gasteiger partial charge in [-0.25, -0.2) is 0 Å². The van der Waals surface area contributed by atoms with Crippen molar-refractivity contribution in [2.24, 2.45) is 4.99 Å². The second kappa shape index (κ2) is 10.3. The van der Waals surface area contributed by atoms with E-state index in [9.17, 15) is 4.21 Å². The van der Waals surface area contributed by atoms with Gasteiger partial charge in [0.2, 0.25) is 0 Å². The zero-order valence-electron chi connectivity index (χ0n) is 13.2. The van der Waals surface area contributed by atoms with Crippen LogP contribution in [0.3, 0.4) is 0 Å². The van der Waals surface area contributed by atoms with Crippen molar-refractivity contribution in [1.29, 1.82) is 0 Å². The predicted octanol–water partition coefficient (Wildman–Crippen LogP) is 2.64. The minimum absolute atomic E-state index is 0. The molecule has 0 radical (unpaired) electrons. The topological polar surface area (TPSA) is 66.6 Å². The number of nitrogens with one attached hydrogen (secondary N) is 2. The van der Waals surface area contributed by atoms with Gasteiger partial charge in [0.15, 0.2) is 5.96 Å². The number of nitrogens with zero attached hydrogens (tertiary/aromatic N) is 1. The number of hydrogen-bond acceptors (Lipinski definition) is 3. The molecule has 3 unspecified atom stereocenters. The Morgan fingerprint density at radius 1 is 1.50 bits per heavy atom. The molecular formula is C15H26IN3O2S. The molecule has 2 rings (SSSR count). The molecule has 7 heteroatoms. The molecule has 0 spiro atoms. The van der Waals surface area contributed by atoms with Crippen LogP contribution in [0.25, 0.3) is 0 Å². The van der Waals surface area contributed by atoms with Crippen molar-refractivity contribution >= 4 is 40.7 Å². The van der Waals surface area contributed by atoms with Gasteiger partial charge in [0.1, 0.15) is 5.76 Å². The van der Waals surface area contributed by atoms with Crippen LogP contribution in [0.4, 0.5) is 0 Å². The third-order valence-electron chi connectivity index (χ3n) is 3.86. The molecule has 126 valence electrons. The van der Waals surface area contributed by atoms with E-state index in [0.717, 1.165) is 43.2 Å². The summed E-state index contributed by atoms with van der Waals surface area (Å²) in [7, 11) is 1.07. The fourth-order valence-corrected chi connectivity index (χ4v) is 4.07. The normalized spacial score (nSPS) is 23.5. The molecule has 1 aromatic rings. The van der Waals surface area contributed by atoms with Gasteiger partial charge in [-0.3, -0.25) is 9.20 Å². The van der Waals surface area contributed by atoms with Crippen LogP contribution >= 0.6 is 24.0 Å². The first-order chi connectivity index (χ1) is 10.2. The Morgan fingerprint density at radius 2 is 2.32 bits per heavy atom. The summed E-state index contributed by atoms with van der Waals surface area (Å²) in [4.78, 5) is 4.25. The number of aliphatic imine (C=N–C) groups is 1. The average Bonchev–Trinajstić information content (AvgIpc) is 3.04. The zero-order chi connectivity index (χ0) is 15.1. The summed E-state index contributed by atoms with van der Waals surface area (Å²) in [5.41, 5.74) is 0. The lowest BCUT2D eigenvalue weighted by Gasteiger charge is -2.30. The van der Waals surface area contributed by atoms with E-state index in [2.05, 4.69) is 15.6 Å². The molecule has 1 aliphatic carbocycles. The Morgan fingerprint density at radius 3 is 2.95 bits per heavy atom. The van der Waals surface area contributed by atoms with Crippen LogP contribution in [0.15, 0.2) is 27.8 Å². The fourth-order valence-electron chi connectivity index (χ4n) is 2.72. The molecule has 2 N–H and O–H groups in total. The van der Waals surface area contributed by atoms with E-state index in [-0.39, 0.29) is 24.0 Å². The van der Waals surface area contributed by atoms with Gasteiger partial charge in [-0.05, 0) is 31.4 Å². The largest absolute Gasteiger partial charge is 0.467 e. The second-order valence-corrected chi connectivity index (χ2v) is 7.31. The lowest BCUT2D eigenvalue weighted by molar-refractivity contribution is 0.412. The van der Waals surface area contributed by atoms with Crippen molar-refractivity contribution < 1.29 is 8.63 Å². The van der Waals surface area contributed by atoms with Crippen LogP contribution in [0.1, 0.15) is 38.4 Å². The van der Waals surface area contributed by atoms with Gasteiger partial charge in [0.05, 0.1) is 12.8 Å². The maximum Gasteiger partial charge on any atom is 0.191 e. The summed E-state index contributed by atoms with van der Waals surface area (Å²) in [6.45, 7) is 2.61. The molecule has 0 saturated heterocycles. The van der Waals surface area contributed by atoms with Gasteiger partial charge in [0.25, 0.3) is 0 Å². The Bertz CT molecular complexity index is 479. The van der Waals surface area contributed by atoms with Crippen LogP contribution in [0.2, 0.25) is 0 Å². The van der Waals surface area contributed by atoms with Crippen molar-refractivity contribution in [3.05, 3.63) is 24.2 Å². The van der Waals surface area contributed by atoms with E-state index in [1.54, 1.807) is 13.3 Å². The molecule has 1 aliphatic rings. The van der Waals surface area contributed by atoms with Crippen molar-refractivity contribution in [2.75, 3.05) is 12.8 Å². The van der Waals surface area contributed by atoms with Crippen LogP contribution in [0, 0.1) is 0 Å². The number of guanidine groups is 1. The standard InChI is InChI=1S/C15H25N3O2S.HI/c1-3-21(19)14-8-4-6-12(10-14)18-15(16-2)17-11-13-7-5-9-20-13;/h5,7,9,12,14H,3-4,6,8,10-11H2,1-2H3,(H2,16,17,18);1H. The van der Waals surface area contributed by atoms with Crippen molar-refractivity contribution in [2.45, 2.75) is 50.4 Å². The number of hydrogen-bond donors (Lipinski definition) is 2. The molecule has 3 atom stereocenters. The zero-order valence-corrected chi connectivity index (χ0v) is 16.4. The molecule has 1 saturated carbocycles. The summed E-state index contributed by atoms with van der Waals surface area (Å²) in [5.74, 6) is 2.41. The number of furan rings is 1. The van der Waals surface area contributed by atoms with Gasteiger partial charge in [-0.1, -0.05) is 13.3 Å². The first kappa shape index (κ1) is 19.5. The van der Waals surface area contributed by atoms with Crippen LogP contribution in [0.5, 0.6) is 0 Å². The highest BCUT2D eigenvalue weighted by Gasteiger charge is 2.25. The van der Waals surface area contributed by atoms with Crippen LogP contribution in [-0.4, -0.2) is 34.3 Å². The molecule has 22 heavy (non-hydrogen) atoms. The Labute approximate surface area is 152 Å². The van der Waals surface area contributed by atoms with E-state index in [1.807, 2.05) is 19.1 Å². The molecule has 5 nitrogen and oxygen atoms in total. The summed E-state index contributed by atoms with van der Waals surface area (Å²) in [6.07, 6.45) is 5.94. The van der Waals surface area contributed by atoms with Crippen LogP contribution < -0.4 is 10.6 Å². The molecule has 0 aliphatic heterocycles. The number of halogens is 1. The van der Waals surface area contributed by atoms with Crippen molar-refractivity contribution in [3.8, 4) is 0 Å². The predicted molar refractivity (Wildman–Crippen MR) is 102 cm³/mol. The highest BCUT2D eigenvalue weighted by molar-refractivity contribution is 14.0. The highest BCUT2D eigenvalue weighted by atomic mass is 127. The Balaban J connectivity index is 0.00000242. The SMILES string of the molecule is CCS(=O)C1CCCC(NC(=NC)NCc2ccco2)C1.I. The van der Waals surface area contributed by atoms with E-state index in [0.29, 0.717) is 17.8 Å². The molecule has 0 aromatic carbocycles. The lowest BCUT2D eigenvalue weighted by Crippen LogP contribution is -2.46. The smallest absolute Gasteiger partial charge is 0.191 e. The van der Waals surface area contributed by atoms with E-state index in [4.69, 9.17) is 4.42 Å². The molecular weight excluding hydrogens is 413 g/mol. The van der Waals surface area contributed by atoms with Gasteiger partial charge < -0.3 is 15.1 Å².